The average Bonchev–Trinajstić information content (AvgIpc) is 3.30. The van der Waals surface area contributed by atoms with E-state index in [4.69, 9.17) is 16.1 Å². The van der Waals surface area contributed by atoms with E-state index in [-0.39, 0.29) is 18.4 Å². The van der Waals surface area contributed by atoms with Gasteiger partial charge in [-0.2, -0.15) is 5.10 Å². The first kappa shape index (κ1) is 21.1. The van der Waals surface area contributed by atoms with E-state index in [0.29, 0.717) is 54.2 Å². The van der Waals surface area contributed by atoms with E-state index in [0.717, 1.165) is 5.69 Å². The first-order valence-corrected chi connectivity index (χ1v) is 10.4. The zero-order valence-corrected chi connectivity index (χ0v) is 18.1. The summed E-state index contributed by atoms with van der Waals surface area (Å²) in [5.41, 5.74) is 1.80. The van der Waals surface area contributed by atoms with Crippen molar-refractivity contribution in [2.75, 3.05) is 38.0 Å². The third kappa shape index (κ3) is 4.62. The van der Waals surface area contributed by atoms with Crippen LogP contribution in [0.15, 0.2) is 40.9 Å². The van der Waals surface area contributed by atoms with Crippen LogP contribution < -0.4 is 5.32 Å². The Morgan fingerprint density at radius 3 is 2.48 bits per heavy atom. The number of carbonyl (C=O) groups is 2. The van der Waals surface area contributed by atoms with Gasteiger partial charge in [-0.25, -0.2) is 4.68 Å². The number of nitrogens with one attached hydrogen (secondary N) is 1. The molecule has 0 radical (unpaired) electrons. The van der Waals surface area contributed by atoms with Gasteiger partial charge in [0, 0.05) is 32.2 Å². The monoisotopic (exact) mass is 442 g/mol. The molecule has 1 N–H and O–H groups in total. The van der Waals surface area contributed by atoms with Gasteiger partial charge >= 0.3 is 0 Å². The third-order valence-corrected chi connectivity index (χ3v) is 5.49. The second-order valence-corrected chi connectivity index (χ2v) is 7.80. The lowest BCUT2D eigenvalue weighted by molar-refractivity contribution is -0.117. The molecule has 1 aromatic carbocycles. The van der Waals surface area contributed by atoms with Crippen LogP contribution in [0.5, 0.6) is 0 Å². The summed E-state index contributed by atoms with van der Waals surface area (Å²) in [6.45, 7) is 5.94. The molecule has 31 heavy (non-hydrogen) atoms. The number of piperazine rings is 1. The third-order valence-electron chi connectivity index (χ3n) is 5.14. The number of hydrogen-bond acceptors (Lipinski definition) is 6. The number of aryl methyl sites for hydroxylation is 2. The Kier molecular flexibility index (Phi) is 6.06. The summed E-state index contributed by atoms with van der Waals surface area (Å²) in [4.78, 5) is 29.1. The lowest BCUT2D eigenvalue weighted by Crippen LogP contribution is -2.50. The smallest absolute Gasteiger partial charge is 0.258 e. The van der Waals surface area contributed by atoms with Crippen LogP contribution in [0.4, 0.5) is 5.82 Å². The highest BCUT2D eigenvalue weighted by Gasteiger charge is 2.28. The fourth-order valence-corrected chi connectivity index (χ4v) is 3.91. The van der Waals surface area contributed by atoms with Gasteiger partial charge in [-0.05, 0) is 26.0 Å². The van der Waals surface area contributed by atoms with E-state index >= 15 is 0 Å². The molecule has 1 fully saturated rings. The summed E-state index contributed by atoms with van der Waals surface area (Å²) in [5.74, 6) is 0.715. The molecule has 0 spiro atoms. The van der Waals surface area contributed by atoms with Crippen LogP contribution in [0.2, 0.25) is 5.15 Å². The van der Waals surface area contributed by atoms with Gasteiger partial charge in [-0.15, -0.1) is 0 Å². The van der Waals surface area contributed by atoms with Gasteiger partial charge < -0.3 is 14.7 Å². The van der Waals surface area contributed by atoms with Crippen LogP contribution in [-0.4, -0.2) is 69.3 Å². The minimum Gasteiger partial charge on any atom is -0.360 e. The van der Waals surface area contributed by atoms with E-state index in [9.17, 15) is 9.59 Å². The molecule has 0 bridgehead atoms. The predicted molar refractivity (Wildman–Crippen MR) is 116 cm³/mol. The molecule has 4 rings (SSSR count). The number of halogens is 1. The first-order valence-electron chi connectivity index (χ1n) is 9.97. The average molecular weight is 443 g/mol. The SMILES string of the molecule is Cc1cc(NC(=O)CN2CCN(C(=O)c3c(C)nn(-c4ccccc4)c3Cl)CC2)no1. The standard InChI is InChI=1S/C21H23ClN6O3/c1-14-12-17(25-31-14)23-18(29)13-26-8-10-27(11-9-26)21(30)19-15(2)24-28(20(19)22)16-6-4-3-5-7-16/h3-7,12H,8-11,13H2,1-2H3,(H,23,25,29). The predicted octanol–water partition coefficient (Wildman–Crippen LogP) is 2.53. The molecule has 1 aliphatic heterocycles. The van der Waals surface area contributed by atoms with Gasteiger partial charge in [0.1, 0.15) is 10.9 Å². The van der Waals surface area contributed by atoms with Crippen LogP contribution in [0.3, 0.4) is 0 Å². The van der Waals surface area contributed by atoms with Crippen molar-refractivity contribution >= 4 is 29.2 Å². The molecule has 2 aromatic heterocycles. The molecule has 10 heteroatoms. The number of benzene rings is 1. The molecule has 1 saturated heterocycles. The van der Waals surface area contributed by atoms with Gasteiger partial charge in [0.2, 0.25) is 5.91 Å². The zero-order chi connectivity index (χ0) is 22.0. The number of amides is 2. The number of rotatable bonds is 5. The Labute approximate surface area is 184 Å². The summed E-state index contributed by atoms with van der Waals surface area (Å²) >= 11 is 6.53. The highest BCUT2D eigenvalue weighted by Crippen LogP contribution is 2.25. The molecule has 3 aromatic rings. The maximum atomic E-state index is 13.1. The number of hydrogen-bond donors (Lipinski definition) is 1. The Bertz CT molecular complexity index is 1090. The minimum absolute atomic E-state index is 0.146. The second-order valence-electron chi connectivity index (χ2n) is 7.44. The summed E-state index contributed by atoms with van der Waals surface area (Å²) in [6.07, 6.45) is 0. The maximum Gasteiger partial charge on any atom is 0.258 e. The number of para-hydroxylation sites is 1. The molecule has 9 nitrogen and oxygen atoms in total. The summed E-state index contributed by atoms with van der Waals surface area (Å²) in [5, 5.41) is 11.2. The van der Waals surface area contributed by atoms with Gasteiger partial charge in [-0.1, -0.05) is 35.0 Å². The number of anilines is 1. The molecule has 0 aliphatic carbocycles. The van der Waals surface area contributed by atoms with Crippen LogP contribution in [0, 0.1) is 13.8 Å². The molecular weight excluding hydrogens is 420 g/mol. The zero-order valence-electron chi connectivity index (χ0n) is 17.3. The lowest BCUT2D eigenvalue weighted by Gasteiger charge is -2.34. The van der Waals surface area contributed by atoms with Crippen molar-refractivity contribution in [2.24, 2.45) is 0 Å². The Hall–Kier alpha value is -3.17. The van der Waals surface area contributed by atoms with Crippen LogP contribution >= 0.6 is 11.6 Å². The van der Waals surface area contributed by atoms with Crippen LogP contribution in [-0.2, 0) is 4.79 Å². The fourth-order valence-electron chi connectivity index (χ4n) is 3.56. The van der Waals surface area contributed by atoms with E-state index in [2.05, 4.69) is 15.6 Å². The number of aromatic nitrogens is 3. The molecule has 3 heterocycles. The molecule has 2 amide bonds. The van der Waals surface area contributed by atoms with Crippen molar-refractivity contribution in [2.45, 2.75) is 13.8 Å². The van der Waals surface area contributed by atoms with Crippen molar-refractivity contribution < 1.29 is 14.1 Å². The summed E-state index contributed by atoms with van der Waals surface area (Å²) < 4.78 is 6.53. The van der Waals surface area contributed by atoms with Crippen LogP contribution in [0.25, 0.3) is 5.69 Å². The number of nitrogens with zero attached hydrogens (tertiary/aromatic N) is 5. The summed E-state index contributed by atoms with van der Waals surface area (Å²) in [6, 6.07) is 11.1. The van der Waals surface area contributed by atoms with Gasteiger partial charge in [0.15, 0.2) is 5.82 Å². The van der Waals surface area contributed by atoms with Crippen molar-refractivity contribution in [3.63, 3.8) is 0 Å². The molecule has 0 saturated carbocycles. The summed E-state index contributed by atoms with van der Waals surface area (Å²) in [7, 11) is 0. The van der Waals surface area contributed by atoms with E-state index in [1.165, 1.54) is 0 Å². The second kappa shape index (κ2) is 8.91. The Balaban J connectivity index is 1.36. The fraction of sp³-hybridized carbons (Fsp3) is 0.333. The largest absolute Gasteiger partial charge is 0.360 e. The molecule has 162 valence electrons. The first-order chi connectivity index (χ1) is 14.9. The normalized spacial score (nSPS) is 14.6. The lowest BCUT2D eigenvalue weighted by atomic mass is 10.2. The Morgan fingerprint density at radius 2 is 1.84 bits per heavy atom. The molecule has 1 aliphatic rings. The molecule has 0 atom stereocenters. The van der Waals surface area contributed by atoms with Gasteiger partial charge in [0.05, 0.1) is 23.5 Å². The quantitative estimate of drug-likeness (QED) is 0.652. The molecular formula is C21H23ClN6O3. The number of carbonyl (C=O) groups excluding carboxylic acids is 2. The van der Waals surface area contributed by atoms with Crippen LogP contribution in [0.1, 0.15) is 21.8 Å². The van der Waals surface area contributed by atoms with E-state index in [1.54, 1.807) is 29.5 Å². The van der Waals surface area contributed by atoms with E-state index < -0.39 is 0 Å². The maximum absolute atomic E-state index is 13.1. The highest BCUT2D eigenvalue weighted by molar-refractivity contribution is 6.33. The topological polar surface area (TPSA) is 96.5 Å². The van der Waals surface area contributed by atoms with E-state index in [1.807, 2.05) is 35.2 Å². The molecule has 0 unspecified atom stereocenters. The Morgan fingerprint density at radius 1 is 1.13 bits per heavy atom. The van der Waals surface area contributed by atoms with Gasteiger partial charge in [-0.3, -0.25) is 14.5 Å². The van der Waals surface area contributed by atoms with Gasteiger partial charge in [0.25, 0.3) is 5.91 Å². The highest BCUT2D eigenvalue weighted by atomic mass is 35.5. The van der Waals surface area contributed by atoms with Crippen molar-refractivity contribution in [1.82, 2.24) is 24.7 Å². The minimum atomic E-state index is -0.170. The van der Waals surface area contributed by atoms with Crippen molar-refractivity contribution in [1.29, 1.82) is 0 Å². The van der Waals surface area contributed by atoms with Crippen molar-refractivity contribution in [3.8, 4) is 5.69 Å². The van der Waals surface area contributed by atoms with Crippen molar-refractivity contribution in [3.05, 3.63) is 58.6 Å².